The van der Waals surface area contributed by atoms with Gasteiger partial charge >= 0.3 is 0 Å². The number of hydrogen-bond acceptors (Lipinski definition) is 2. The highest BCUT2D eigenvalue weighted by Crippen LogP contribution is 2.20. The van der Waals surface area contributed by atoms with Crippen molar-refractivity contribution in [2.75, 3.05) is 12.4 Å². The maximum Gasteiger partial charge on any atom is 0.253 e. The summed E-state index contributed by atoms with van der Waals surface area (Å²) < 4.78 is 0. The molecule has 0 aromatic heterocycles. The Morgan fingerprint density at radius 2 is 1.95 bits per heavy atom. The van der Waals surface area contributed by atoms with Crippen LogP contribution in [0, 0.1) is 6.92 Å². The van der Waals surface area contributed by atoms with Crippen molar-refractivity contribution in [2.24, 2.45) is 0 Å². The Balaban J connectivity index is 2.20. The van der Waals surface area contributed by atoms with Crippen molar-refractivity contribution < 1.29 is 4.79 Å². The van der Waals surface area contributed by atoms with E-state index >= 15 is 0 Å². The van der Waals surface area contributed by atoms with Gasteiger partial charge in [-0.1, -0.05) is 35.4 Å². The molecule has 2 aromatic carbocycles. The van der Waals surface area contributed by atoms with Gasteiger partial charge in [-0.2, -0.15) is 0 Å². The minimum absolute atomic E-state index is 0.101. The fourth-order valence-corrected chi connectivity index (χ4v) is 2.40. The molecule has 0 aliphatic rings. The van der Waals surface area contributed by atoms with E-state index in [1.54, 1.807) is 0 Å². The van der Waals surface area contributed by atoms with Gasteiger partial charge in [0.2, 0.25) is 0 Å². The molecule has 1 unspecified atom stereocenters. The van der Waals surface area contributed by atoms with E-state index in [9.17, 15) is 4.79 Å². The zero-order chi connectivity index (χ0) is 15.4. The molecule has 2 rings (SSSR count). The maximum absolute atomic E-state index is 12.5. The Labute approximate surface area is 130 Å². The highest BCUT2D eigenvalue weighted by atomic mass is 35.5. The minimum Gasteiger partial charge on any atom is -0.387 e. The van der Waals surface area contributed by atoms with E-state index in [1.165, 1.54) is 0 Å². The first-order valence-corrected chi connectivity index (χ1v) is 7.24. The second-order valence-electron chi connectivity index (χ2n) is 5.05. The number of aryl methyl sites for hydroxylation is 1. The molecule has 0 heterocycles. The highest BCUT2D eigenvalue weighted by molar-refractivity contribution is 6.30. The van der Waals surface area contributed by atoms with Crippen molar-refractivity contribution in [3.05, 3.63) is 64.2 Å². The third kappa shape index (κ3) is 3.76. The summed E-state index contributed by atoms with van der Waals surface area (Å²) in [7, 11) is 1.81. The van der Waals surface area contributed by atoms with Crippen LogP contribution in [-0.2, 0) is 0 Å². The van der Waals surface area contributed by atoms with E-state index in [0.717, 1.165) is 16.8 Å². The van der Waals surface area contributed by atoms with E-state index in [-0.39, 0.29) is 11.9 Å². The van der Waals surface area contributed by atoms with Gasteiger partial charge in [0.1, 0.15) is 0 Å². The van der Waals surface area contributed by atoms with Crippen molar-refractivity contribution in [1.82, 2.24) is 5.32 Å². The monoisotopic (exact) mass is 302 g/mol. The number of anilines is 1. The number of halogens is 1. The molecule has 2 aromatic rings. The normalized spacial score (nSPS) is 11.8. The quantitative estimate of drug-likeness (QED) is 0.889. The summed E-state index contributed by atoms with van der Waals surface area (Å²) >= 11 is 5.99. The number of nitrogens with one attached hydrogen (secondary N) is 2. The third-order valence-corrected chi connectivity index (χ3v) is 3.62. The zero-order valence-corrected chi connectivity index (χ0v) is 13.2. The Morgan fingerprint density at radius 1 is 1.19 bits per heavy atom. The van der Waals surface area contributed by atoms with Gasteiger partial charge in [-0.3, -0.25) is 4.79 Å². The molecule has 1 atom stereocenters. The van der Waals surface area contributed by atoms with Crippen molar-refractivity contribution in [3.8, 4) is 0 Å². The van der Waals surface area contributed by atoms with Gasteiger partial charge in [0, 0.05) is 17.8 Å². The summed E-state index contributed by atoms with van der Waals surface area (Å²) in [6.45, 7) is 3.91. The zero-order valence-electron chi connectivity index (χ0n) is 12.4. The molecule has 0 aliphatic heterocycles. The fourth-order valence-electron chi connectivity index (χ4n) is 2.20. The molecule has 0 saturated heterocycles. The molecule has 1 amide bonds. The molecule has 21 heavy (non-hydrogen) atoms. The summed E-state index contributed by atoms with van der Waals surface area (Å²) in [5, 5.41) is 6.71. The molecule has 0 saturated carbocycles. The van der Waals surface area contributed by atoms with E-state index in [4.69, 9.17) is 11.6 Å². The average molecular weight is 303 g/mol. The van der Waals surface area contributed by atoms with Crippen LogP contribution >= 0.6 is 11.6 Å². The molecular formula is C17H19ClN2O. The summed E-state index contributed by atoms with van der Waals surface area (Å²) in [5.41, 5.74) is 3.49. The van der Waals surface area contributed by atoms with E-state index < -0.39 is 0 Å². The standard InChI is InChI=1S/C17H19ClN2O/c1-11-7-8-16(19-3)15(9-11)17(21)20-12(2)13-5-4-6-14(18)10-13/h4-10,12,19H,1-3H3,(H,20,21). The van der Waals surface area contributed by atoms with E-state index in [2.05, 4.69) is 10.6 Å². The minimum atomic E-state index is -0.110. The molecule has 110 valence electrons. The Morgan fingerprint density at radius 3 is 2.62 bits per heavy atom. The molecule has 3 nitrogen and oxygen atoms in total. The Hall–Kier alpha value is -2.00. The number of amides is 1. The Bertz CT molecular complexity index is 655. The maximum atomic E-state index is 12.5. The first-order chi connectivity index (χ1) is 10.0. The van der Waals surface area contributed by atoms with Crippen LogP contribution in [0.5, 0.6) is 0 Å². The van der Waals surface area contributed by atoms with Gasteiger partial charge in [-0.05, 0) is 43.7 Å². The van der Waals surface area contributed by atoms with Gasteiger partial charge in [0.05, 0.1) is 11.6 Å². The first kappa shape index (κ1) is 15.4. The van der Waals surface area contributed by atoms with Crippen LogP contribution in [-0.4, -0.2) is 13.0 Å². The number of carbonyl (C=O) groups is 1. The number of benzene rings is 2. The molecule has 0 spiro atoms. The SMILES string of the molecule is CNc1ccc(C)cc1C(=O)NC(C)c1cccc(Cl)c1. The van der Waals surface area contributed by atoms with Crippen molar-refractivity contribution >= 4 is 23.2 Å². The predicted molar refractivity (Wildman–Crippen MR) is 88.1 cm³/mol. The lowest BCUT2D eigenvalue weighted by molar-refractivity contribution is 0.0940. The van der Waals surface area contributed by atoms with Gasteiger partial charge < -0.3 is 10.6 Å². The topological polar surface area (TPSA) is 41.1 Å². The highest BCUT2D eigenvalue weighted by Gasteiger charge is 2.14. The smallest absolute Gasteiger partial charge is 0.253 e. The second kappa shape index (κ2) is 6.64. The largest absolute Gasteiger partial charge is 0.387 e. The van der Waals surface area contributed by atoms with Crippen LogP contribution in [0.4, 0.5) is 5.69 Å². The molecule has 0 radical (unpaired) electrons. The second-order valence-corrected chi connectivity index (χ2v) is 5.49. The Kier molecular flexibility index (Phi) is 4.86. The molecular weight excluding hydrogens is 284 g/mol. The molecule has 0 fully saturated rings. The van der Waals surface area contributed by atoms with Crippen LogP contribution in [0.15, 0.2) is 42.5 Å². The summed E-state index contributed by atoms with van der Waals surface area (Å²) in [6, 6.07) is 13.2. The van der Waals surface area contributed by atoms with Gasteiger partial charge in [0.25, 0.3) is 5.91 Å². The van der Waals surface area contributed by atoms with Crippen molar-refractivity contribution in [3.63, 3.8) is 0 Å². The van der Waals surface area contributed by atoms with Crippen LogP contribution in [0.25, 0.3) is 0 Å². The lowest BCUT2D eigenvalue weighted by Crippen LogP contribution is -2.27. The molecule has 0 bridgehead atoms. The van der Waals surface area contributed by atoms with Gasteiger partial charge in [0.15, 0.2) is 0 Å². The molecule has 2 N–H and O–H groups in total. The van der Waals surface area contributed by atoms with E-state index in [0.29, 0.717) is 10.6 Å². The third-order valence-electron chi connectivity index (χ3n) is 3.39. The van der Waals surface area contributed by atoms with Crippen LogP contribution in [0.3, 0.4) is 0 Å². The number of hydrogen-bond donors (Lipinski definition) is 2. The number of rotatable bonds is 4. The molecule has 0 aliphatic carbocycles. The lowest BCUT2D eigenvalue weighted by Gasteiger charge is -2.16. The van der Waals surface area contributed by atoms with E-state index in [1.807, 2.05) is 63.4 Å². The van der Waals surface area contributed by atoms with Crippen LogP contribution in [0.2, 0.25) is 5.02 Å². The van der Waals surface area contributed by atoms with Crippen molar-refractivity contribution in [2.45, 2.75) is 19.9 Å². The summed E-state index contributed by atoms with van der Waals surface area (Å²) in [4.78, 5) is 12.5. The fraction of sp³-hybridized carbons (Fsp3) is 0.235. The first-order valence-electron chi connectivity index (χ1n) is 6.86. The van der Waals surface area contributed by atoms with Crippen LogP contribution in [0.1, 0.15) is 34.5 Å². The van der Waals surface area contributed by atoms with Crippen LogP contribution < -0.4 is 10.6 Å². The number of carbonyl (C=O) groups excluding carboxylic acids is 1. The van der Waals surface area contributed by atoms with Gasteiger partial charge in [-0.25, -0.2) is 0 Å². The lowest BCUT2D eigenvalue weighted by atomic mass is 10.1. The predicted octanol–water partition coefficient (Wildman–Crippen LogP) is 4.18. The molecule has 4 heteroatoms. The summed E-state index contributed by atoms with van der Waals surface area (Å²) in [6.07, 6.45) is 0. The van der Waals surface area contributed by atoms with Crippen molar-refractivity contribution in [1.29, 1.82) is 0 Å². The average Bonchev–Trinajstić information content (AvgIpc) is 2.47. The summed E-state index contributed by atoms with van der Waals surface area (Å²) in [5.74, 6) is -0.101. The van der Waals surface area contributed by atoms with Gasteiger partial charge in [-0.15, -0.1) is 0 Å².